The molecule has 2 aromatic carbocycles. The van der Waals surface area contributed by atoms with Gasteiger partial charge in [0.1, 0.15) is 5.82 Å². The third-order valence-corrected chi connectivity index (χ3v) is 4.73. The van der Waals surface area contributed by atoms with Crippen LogP contribution < -0.4 is 10.2 Å². The lowest BCUT2D eigenvalue weighted by Crippen LogP contribution is -2.33. The Morgan fingerprint density at radius 3 is 2.79 bits per heavy atom. The van der Waals surface area contributed by atoms with E-state index in [1.54, 1.807) is 42.3 Å². The van der Waals surface area contributed by atoms with Gasteiger partial charge >= 0.3 is 0 Å². The maximum atomic E-state index is 13.4. The lowest BCUT2D eigenvalue weighted by molar-refractivity contribution is -0.116. The van der Waals surface area contributed by atoms with E-state index < -0.39 is 0 Å². The van der Waals surface area contributed by atoms with Gasteiger partial charge in [0.2, 0.25) is 5.91 Å². The monoisotopic (exact) mass is 378 g/mol. The Bertz CT molecular complexity index is 1060. The molecule has 1 aromatic heterocycles. The van der Waals surface area contributed by atoms with Crippen LogP contribution in [-0.4, -0.2) is 28.1 Å². The van der Waals surface area contributed by atoms with E-state index in [4.69, 9.17) is 0 Å². The van der Waals surface area contributed by atoms with Crippen LogP contribution in [0.1, 0.15) is 29.4 Å². The van der Waals surface area contributed by atoms with Crippen molar-refractivity contribution in [1.82, 2.24) is 9.78 Å². The van der Waals surface area contributed by atoms with Gasteiger partial charge in [0.05, 0.1) is 5.69 Å². The molecule has 142 valence electrons. The molecule has 28 heavy (non-hydrogen) atoms. The second-order valence-electron chi connectivity index (χ2n) is 6.70. The molecule has 1 N–H and O–H groups in total. The van der Waals surface area contributed by atoms with Crippen LogP contribution in [0, 0.1) is 5.82 Å². The predicted molar refractivity (Wildman–Crippen MR) is 104 cm³/mol. The first-order chi connectivity index (χ1) is 13.5. The average molecular weight is 378 g/mol. The van der Waals surface area contributed by atoms with Crippen LogP contribution in [0.15, 0.2) is 54.7 Å². The van der Waals surface area contributed by atoms with Gasteiger partial charge in [0.25, 0.3) is 5.91 Å². The Kier molecular flexibility index (Phi) is 4.65. The summed E-state index contributed by atoms with van der Waals surface area (Å²) in [4.78, 5) is 26.1. The number of nitrogens with one attached hydrogen (secondary N) is 1. The first-order valence-electron chi connectivity index (χ1n) is 9.05. The van der Waals surface area contributed by atoms with Gasteiger partial charge in [-0.25, -0.2) is 9.07 Å². The molecule has 7 heteroatoms. The van der Waals surface area contributed by atoms with Crippen LogP contribution in [-0.2, 0) is 11.2 Å². The summed E-state index contributed by atoms with van der Waals surface area (Å²) in [6.07, 6.45) is 3.36. The number of halogens is 1. The highest BCUT2D eigenvalue weighted by Gasteiger charge is 2.20. The third-order valence-electron chi connectivity index (χ3n) is 4.73. The van der Waals surface area contributed by atoms with Crippen molar-refractivity contribution in [2.24, 2.45) is 0 Å². The highest BCUT2D eigenvalue weighted by Crippen LogP contribution is 2.30. The lowest BCUT2D eigenvalue weighted by atomic mass is 10.0. The summed E-state index contributed by atoms with van der Waals surface area (Å²) < 4.78 is 14.8. The first kappa shape index (κ1) is 17.9. The lowest BCUT2D eigenvalue weighted by Gasteiger charge is -2.28. The molecule has 2 heterocycles. The molecule has 0 saturated carbocycles. The van der Waals surface area contributed by atoms with E-state index in [0.717, 1.165) is 24.1 Å². The highest BCUT2D eigenvalue weighted by atomic mass is 19.1. The summed E-state index contributed by atoms with van der Waals surface area (Å²) in [7, 11) is 0. The SMILES string of the molecule is CC(=O)N1CCCc2cc(NC(=O)c3ccn(-c4cccc(F)c4)n3)ccc21. The molecule has 0 bridgehead atoms. The number of benzene rings is 2. The fourth-order valence-electron chi connectivity index (χ4n) is 3.40. The number of fused-ring (bicyclic) bond motifs is 1. The number of hydrogen-bond donors (Lipinski definition) is 1. The molecule has 1 aliphatic rings. The molecule has 0 saturated heterocycles. The van der Waals surface area contributed by atoms with Crippen molar-refractivity contribution in [3.8, 4) is 5.69 Å². The van der Waals surface area contributed by atoms with Crippen LogP contribution in [0.25, 0.3) is 5.69 Å². The summed E-state index contributed by atoms with van der Waals surface area (Å²) in [5, 5.41) is 7.06. The van der Waals surface area contributed by atoms with Gasteiger partial charge in [-0.1, -0.05) is 6.07 Å². The van der Waals surface area contributed by atoms with Gasteiger partial charge in [-0.2, -0.15) is 5.10 Å². The van der Waals surface area contributed by atoms with Gasteiger partial charge in [-0.3, -0.25) is 9.59 Å². The maximum Gasteiger partial charge on any atom is 0.276 e. The zero-order valence-electron chi connectivity index (χ0n) is 15.4. The smallest absolute Gasteiger partial charge is 0.276 e. The van der Waals surface area contributed by atoms with Crippen LogP contribution in [0.2, 0.25) is 0 Å². The number of aryl methyl sites for hydroxylation is 1. The van der Waals surface area contributed by atoms with Gasteiger partial charge in [-0.05, 0) is 60.9 Å². The zero-order chi connectivity index (χ0) is 19.7. The number of carbonyl (C=O) groups excluding carboxylic acids is 2. The molecule has 0 aliphatic carbocycles. The summed E-state index contributed by atoms with van der Waals surface area (Å²) in [6.45, 7) is 2.27. The minimum absolute atomic E-state index is 0.0145. The Morgan fingerprint density at radius 2 is 2.00 bits per heavy atom. The summed E-state index contributed by atoms with van der Waals surface area (Å²) in [6, 6.07) is 13.1. The van der Waals surface area contributed by atoms with Crippen molar-refractivity contribution in [2.45, 2.75) is 19.8 Å². The molecule has 0 atom stereocenters. The highest BCUT2D eigenvalue weighted by molar-refractivity contribution is 6.03. The van der Waals surface area contributed by atoms with Crippen molar-refractivity contribution >= 4 is 23.2 Å². The standard InChI is InChI=1S/C21H19FN4O2/c1-14(27)25-10-3-4-15-12-17(7-8-20(15)25)23-21(28)19-9-11-26(24-19)18-6-2-5-16(22)13-18/h2,5-9,11-13H,3-4,10H2,1H3,(H,23,28). The average Bonchev–Trinajstić information content (AvgIpc) is 3.17. The minimum atomic E-state index is -0.368. The third kappa shape index (κ3) is 3.51. The molecule has 4 rings (SSSR count). The predicted octanol–water partition coefficient (Wildman–Crippen LogP) is 3.56. The van der Waals surface area contributed by atoms with Gasteiger partial charge in [0, 0.05) is 31.0 Å². The molecular formula is C21H19FN4O2. The van der Waals surface area contributed by atoms with Crippen molar-refractivity contribution in [3.63, 3.8) is 0 Å². The van der Waals surface area contributed by atoms with Crippen LogP contribution >= 0.6 is 0 Å². The van der Waals surface area contributed by atoms with Crippen LogP contribution in [0.5, 0.6) is 0 Å². The van der Waals surface area contributed by atoms with E-state index in [2.05, 4.69) is 10.4 Å². The van der Waals surface area contributed by atoms with E-state index in [1.807, 2.05) is 12.1 Å². The van der Waals surface area contributed by atoms with E-state index in [9.17, 15) is 14.0 Å². The zero-order valence-corrected chi connectivity index (χ0v) is 15.4. The molecule has 1 aliphatic heterocycles. The number of hydrogen-bond acceptors (Lipinski definition) is 3. The largest absolute Gasteiger partial charge is 0.321 e. The first-order valence-corrected chi connectivity index (χ1v) is 9.05. The molecule has 3 aromatic rings. The Hall–Kier alpha value is -3.48. The quantitative estimate of drug-likeness (QED) is 0.758. The number of rotatable bonds is 3. The molecule has 2 amide bonds. The van der Waals surface area contributed by atoms with Crippen LogP contribution in [0.3, 0.4) is 0 Å². The number of carbonyl (C=O) groups is 2. The number of aromatic nitrogens is 2. The summed E-state index contributed by atoms with van der Waals surface area (Å²) in [5.41, 5.74) is 3.34. The second-order valence-corrected chi connectivity index (χ2v) is 6.70. The molecular weight excluding hydrogens is 359 g/mol. The Labute approximate surface area is 161 Å². The number of amides is 2. The molecule has 0 unspecified atom stereocenters. The van der Waals surface area contributed by atoms with Gasteiger partial charge < -0.3 is 10.2 Å². The Balaban J connectivity index is 1.52. The second kappa shape index (κ2) is 7.26. The van der Waals surface area contributed by atoms with Crippen molar-refractivity contribution in [1.29, 1.82) is 0 Å². The summed E-state index contributed by atoms with van der Waals surface area (Å²) in [5.74, 6) is -0.706. The normalized spacial score (nSPS) is 13.1. The fourth-order valence-corrected chi connectivity index (χ4v) is 3.40. The minimum Gasteiger partial charge on any atom is -0.321 e. The van der Waals surface area contributed by atoms with Crippen molar-refractivity contribution in [3.05, 3.63) is 71.8 Å². The molecule has 6 nitrogen and oxygen atoms in total. The van der Waals surface area contributed by atoms with Crippen LogP contribution in [0.4, 0.5) is 15.8 Å². The molecule has 0 fully saturated rings. The van der Waals surface area contributed by atoms with Gasteiger partial charge in [-0.15, -0.1) is 0 Å². The topological polar surface area (TPSA) is 67.2 Å². The van der Waals surface area contributed by atoms with E-state index in [0.29, 0.717) is 17.9 Å². The maximum absolute atomic E-state index is 13.4. The molecule has 0 radical (unpaired) electrons. The van der Waals surface area contributed by atoms with Crippen molar-refractivity contribution in [2.75, 3.05) is 16.8 Å². The van der Waals surface area contributed by atoms with Crippen molar-refractivity contribution < 1.29 is 14.0 Å². The Morgan fingerprint density at radius 1 is 1.14 bits per heavy atom. The summed E-state index contributed by atoms with van der Waals surface area (Å²) >= 11 is 0. The van der Waals surface area contributed by atoms with Gasteiger partial charge in [0.15, 0.2) is 5.69 Å². The van der Waals surface area contributed by atoms with E-state index in [1.165, 1.54) is 16.8 Å². The number of nitrogens with zero attached hydrogens (tertiary/aromatic N) is 3. The van der Waals surface area contributed by atoms with E-state index >= 15 is 0 Å². The molecule has 0 spiro atoms. The number of anilines is 2. The fraction of sp³-hybridized carbons (Fsp3) is 0.190. The van der Waals surface area contributed by atoms with E-state index in [-0.39, 0.29) is 23.3 Å².